The van der Waals surface area contributed by atoms with E-state index in [0.717, 1.165) is 38.9 Å². The number of nitrogens with zero attached hydrogens (tertiary/aromatic N) is 3. The molecule has 0 radical (unpaired) electrons. The fourth-order valence-corrected chi connectivity index (χ4v) is 5.58. The van der Waals surface area contributed by atoms with Crippen LogP contribution < -0.4 is 5.32 Å². The molecule has 2 aliphatic heterocycles. The fourth-order valence-electron chi connectivity index (χ4n) is 3.80. The average Bonchev–Trinajstić information content (AvgIpc) is 3.08. The summed E-state index contributed by atoms with van der Waals surface area (Å²) in [4.78, 5) is 14.2. The van der Waals surface area contributed by atoms with E-state index >= 15 is 0 Å². The van der Waals surface area contributed by atoms with Crippen molar-refractivity contribution in [2.75, 3.05) is 31.1 Å². The third-order valence-electron chi connectivity index (χ3n) is 5.33. The highest BCUT2D eigenvalue weighted by Crippen LogP contribution is 2.27. The number of aromatic nitrogens is 2. The van der Waals surface area contributed by atoms with E-state index in [1.165, 1.54) is 5.56 Å². The van der Waals surface area contributed by atoms with E-state index in [2.05, 4.69) is 23.5 Å². The predicted octanol–water partition coefficient (Wildman–Crippen LogP) is 1.62. The Morgan fingerprint density at radius 3 is 2.72 bits per heavy atom. The number of hydrogen-bond donors (Lipinski definition) is 1. The minimum Gasteiger partial charge on any atom is -0.338 e. The Bertz CT molecular complexity index is 693. The molecule has 0 saturated carbocycles. The lowest BCUT2D eigenvalue weighted by atomic mass is 9.92. The van der Waals surface area contributed by atoms with Gasteiger partial charge in [0.2, 0.25) is 0 Å². The summed E-state index contributed by atoms with van der Waals surface area (Å²) >= 11 is 0. The van der Waals surface area contributed by atoms with Gasteiger partial charge in [-0.15, -0.1) is 0 Å². The lowest BCUT2D eigenvalue weighted by molar-refractivity contribution is 0.179. The van der Waals surface area contributed by atoms with Crippen molar-refractivity contribution in [2.45, 2.75) is 45.1 Å². The highest BCUT2D eigenvalue weighted by molar-refractivity contribution is 7.91. The summed E-state index contributed by atoms with van der Waals surface area (Å²) in [6.07, 6.45) is 7.52. The first-order valence-electron chi connectivity index (χ1n) is 9.22. The van der Waals surface area contributed by atoms with Crippen molar-refractivity contribution < 1.29 is 13.2 Å². The van der Waals surface area contributed by atoms with Crippen LogP contribution in [0.2, 0.25) is 0 Å². The molecule has 2 saturated heterocycles. The minimum atomic E-state index is -2.92. The van der Waals surface area contributed by atoms with Crippen molar-refractivity contribution in [3.05, 3.63) is 18.0 Å². The van der Waals surface area contributed by atoms with Gasteiger partial charge in [0.1, 0.15) is 0 Å². The number of urea groups is 1. The van der Waals surface area contributed by atoms with Crippen molar-refractivity contribution in [1.82, 2.24) is 20.0 Å². The van der Waals surface area contributed by atoms with E-state index < -0.39 is 9.84 Å². The molecule has 3 heterocycles. The minimum absolute atomic E-state index is 0.0557. The maximum Gasteiger partial charge on any atom is 0.317 e. The summed E-state index contributed by atoms with van der Waals surface area (Å²) < 4.78 is 25.3. The second-order valence-electron chi connectivity index (χ2n) is 7.20. The Morgan fingerprint density at radius 2 is 2.08 bits per heavy atom. The lowest BCUT2D eigenvalue weighted by Gasteiger charge is -2.32. The molecule has 3 rings (SSSR count). The van der Waals surface area contributed by atoms with Gasteiger partial charge in [-0.05, 0) is 50.0 Å². The van der Waals surface area contributed by atoms with Gasteiger partial charge in [0.05, 0.1) is 17.7 Å². The maximum atomic E-state index is 12.3. The van der Waals surface area contributed by atoms with Crippen LogP contribution in [0, 0.1) is 5.92 Å². The average molecular weight is 369 g/mol. The highest BCUT2D eigenvalue weighted by Gasteiger charge is 2.27. The number of amides is 2. The topological polar surface area (TPSA) is 84.3 Å². The third-order valence-corrected chi connectivity index (χ3v) is 7.22. The lowest BCUT2D eigenvalue weighted by Crippen LogP contribution is -2.46. The standard InChI is InChI=1S/C17H28N4O3S/c1-2-21-12-16(11-19-21)15-5-7-20(8-6-15)17(22)18-10-14-4-3-9-25(23,24)13-14/h11-12,14-15H,2-10,13H2,1H3,(H,18,22). The number of piperidine rings is 1. The van der Waals surface area contributed by atoms with Crippen LogP contribution in [0.1, 0.15) is 44.1 Å². The van der Waals surface area contributed by atoms with Crippen LogP contribution in [0.3, 0.4) is 0 Å². The Balaban J connectivity index is 1.43. The van der Waals surface area contributed by atoms with Crippen LogP contribution in [0.15, 0.2) is 12.4 Å². The van der Waals surface area contributed by atoms with Gasteiger partial charge < -0.3 is 10.2 Å². The number of likely N-dealkylation sites (tertiary alicyclic amines) is 1. The van der Waals surface area contributed by atoms with E-state index in [1.807, 2.05) is 15.8 Å². The first kappa shape index (κ1) is 18.2. The number of rotatable bonds is 4. The van der Waals surface area contributed by atoms with Crippen LogP contribution in [-0.2, 0) is 16.4 Å². The molecule has 2 aliphatic rings. The molecule has 1 aromatic heterocycles. The maximum absolute atomic E-state index is 12.3. The van der Waals surface area contributed by atoms with E-state index in [1.54, 1.807) is 0 Å². The number of sulfone groups is 1. The molecule has 1 atom stereocenters. The van der Waals surface area contributed by atoms with Gasteiger partial charge in [0.25, 0.3) is 0 Å². The van der Waals surface area contributed by atoms with Gasteiger partial charge in [0.15, 0.2) is 9.84 Å². The summed E-state index contributed by atoms with van der Waals surface area (Å²) in [5.41, 5.74) is 1.26. The van der Waals surface area contributed by atoms with E-state index in [4.69, 9.17) is 0 Å². The van der Waals surface area contributed by atoms with Gasteiger partial charge in [-0.1, -0.05) is 0 Å². The summed E-state index contributed by atoms with van der Waals surface area (Å²) in [5, 5.41) is 7.27. The number of aryl methyl sites for hydroxylation is 1. The summed E-state index contributed by atoms with van der Waals surface area (Å²) in [7, 11) is -2.92. The van der Waals surface area contributed by atoms with Gasteiger partial charge >= 0.3 is 6.03 Å². The van der Waals surface area contributed by atoms with Crippen LogP contribution in [0.25, 0.3) is 0 Å². The molecule has 1 aromatic rings. The molecule has 0 aliphatic carbocycles. The first-order valence-corrected chi connectivity index (χ1v) is 11.0. The summed E-state index contributed by atoms with van der Waals surface area (Å²) in [6, 6.07) is -0.0642. The zero-order chi connectivity index (χ0) is 17.9. The Labute approximate surface area is 149 Å². The molecular formula is C17H28N4O3S. The molecule has 0 bridgehead atoms. The molecule has 0 aromatic carbocycles. The van der Waals surface area contributed by atoms with Crippen molar-refractivity contribution in [3.63, 3.8) is 0 Å². The number of nitrogens with one attached hydrogen (secondary N) is 1. The second kappa shape index (κ2) is 7.76. The van der Waals surface area contributed by atoms with Crippen molar-refractivity contribution >= 4 is 15.9 Å². The fraction of sp³-hybridized carbons (Fsp3) is 0.765. The van der Waals surface area contributed by atoms with Gasteiger partial charge in [0, 0.05) is 32.4 Å². The Hall–Kier alpha value is -1.57. The zero-order valence-electron chi connectivity index (χ0n) is 14.9. The van der Waals surface area contributed by atoms with E-state index in [0.29, 0.717) is 24.6 Å². The molecule has 0 spiro atoms. The monoisotopic (exact) mass is 368 g/mol. The van der Waals surface area contributed by atoms with Crippen LogP contribution >= 0.6 is 0 Å². The molecule has 7 nitrogen and oxygen atoms in total. The predicted molar refractivity (Wildman–Crippen MR) is 96.2 cm³/mol. The zero-order valence-corrected chi connectivity index (χ0v) is 15.7. The molecule has 1 N–H and O–H groups in total. The molecule has 8 heteroatoms. The number of carbonyl (C=O) groups excluding carboxylic acids is 1. The molecule has 1 unspecified atom stereocenters. The summed E-state index contributed by atoms with van der Waals surface area (Å²) in [5.74, 6) is 1.02. The second-order valence-corrected chi connectivity index (χ2v) is 9.43. The highest BCUT2D eigenvalue weighted by atomic mass is 32.2. The van der Waals surface area contributed by atoms with E-state index in [-0.39, 0.29) is 17.7 Å². The van der Waals surface area contributed by atoms with Crippen LogP contribution in [0.5, 0.6) is 0 Å². The number of carbonyl (C=O) groups is 1. The quantitative estimate of drug-likeness (QED) is 0.875. The molecular weight excluding hydrogens is 340 g/mol. The van der Waals surface area contributed by atoms with Crippen molar-refractivity contribution in [2.24, 2.45) is 5.92 Å². The van der Waals surface area contributed by atoms with Gasteiger partial charge in [-0.25, -0.2) is 13.2 Å². The van der Waals surface area contributed by atoms with Gasteiger partial charge in [-0.2, -0.15) is 5.10 Å². The van der Waals surface area contributed by atoms with Crippen molar-refractivity contribution in [1.29, 1.82) is 0 Å². The third kappa shape index (κ3) is 4.74. The van der Waals surface area contributed by atoms with Crippen LogP contribution in [0.4, 0.5) is 4.79 Å². The summed E-state index contributed by atoms with van der Waals surface area (Å²) in [6.45, 7) is 4.87. The largest absolute Gasteiger partial charge is 0.338 e. The van der Waals surface area contributed by atoms with Crippen molar-refractivity contribution in [3.8, 4) is 0 Å². The van der Waals surface area contributed by atoms with E-state index in [9.17, 15) is 13.2 Å². The smallest absolute Gasteiger partial charge is 0.317 e. The molecule has 140 valence electrons. The molecule has 25 heavy (non-hydrogen) atoms. The number of hydrogen-bond acceptors (Lipinski definition) is 4. The Morgan fingerprint density at radius 1 is 1.32 bits per heavy atom. The Kier molecular flexibility index (Phi) is 5.66. The molecule has 2 amide bonds. The van der Waals surface area contributed by atoms with Crippen LogP contribution in [-0.4, -0.2) is 60.3 Å². The van der Waals surface area contributed by atoms with Gasteiger partial charge in [-0.3, -0.25) is 4.68 Å². The SMILES string of the molecule is CCn1cc(C2CCN(C(=O)NCC3CCCS(=O)(=O)C3)CC2)cn1. The molecule has 2 fully saturated rings. The first-order chi connectivity index (χ1) is 12.0. The normalized spacial score (nSPS) is 24.2.